The minimum Gasteiger partial charge on any atom is -0.311 e. The topological polar surface area (TPSA) is 12.0 Å². The van der Waals surface area contributed by atoms with Gasteiger partial charge in [-0.3, -0.25) is 0 Å². The summed E-state index contributed by atoms with van der Waals surface area (Å²) in [5, 5.41) is 3.76. The first-order valence-electron chi connectivity index (χ1n) is 7.61. The maximum Gasteiger partial charge on any atom is 0.00757 e. The first-order valence-corrected chi connectivity index (χ1v) is 7.61. The maximum absolute atomic E-state index is 3.82. The van der Waals surface area contributed by atoms with Gasteiger partial charge in [0.1, 0.15) is 0 Å². The Bertz CT molecular complexity index is 155. The van der Waals surface area contributed by atoms with Gasteiger partial charge in [-0.25, -0.2) is 0 Å². The fourth-order valence-corrected chi connectivity index (χ4v) is 2.31. The number of rotatable bonds is 12. The van der Waals surface area contributed by atoms with E-state index in [0.29, 0.717) is 6.04 Å². The molecule has 102 valence electrons. The van der Waals surface area contributed by atoms with Crippen molar-refractivity contribution in [1.82, 2.24) is 5.32 Å². The largest absolute Gasteiger partial charge is 0.311 e. The van der Waals surface area contributed by atoms with Crippen molar-refractivity contribution in [3.05, 3.63) is 12.7 Å². The zero-order chi connectivity index (χ0) is 12.9. The van der Waals surface area contributed by atoms with Gasteiger partial charge in [0.25, 0.3) is 0 Å². The van der Waals surface area contributed by atoms with E-state index in [0.717, 1.165) is 12.5 Å². The first kappa shape index (κ1) is 16.7. The highest BCUT2D eigenvalue weighted by Gasteiger charge is 2.10. The third-order valence-corrected chi connectivity index (χ3v) is 3.35. The predicted octanol–water partition coefficient (Wildman–Crippen LogP) is 5.07. The summed E-state index contributed by atoms with van der Waals surface area (Å²) in [6.07, 6.45) is 13.9. The summed E-state index contributed by atoms with van der Waals surface area (Å²) in [5.41, 5.74) is 0. The van der Waals surface area contributed by atoms with E-state index in [4.69, 9.17) is 0 Å². The monoisotopic (exact) mass is 239 g/mol. The molecule has 0 saturated heterocycles. The van der Waals surface area contributed by atoms with Crippen molar-refractivity contribution in [3.63, 3.8) is 0 Å². The molecule has 1 unspecified atom stereocenters. The molecule has 1 N–H and O–H groups in total. The maximum atomic E-state index is 3.82. The molecule has 0 bridgehead atoms. The molecule has 0 aromatic carbocycles. The van der Waals surface area contributed by atoms with Crippen molar-refractivity contribution in [3.8, 4) is 0 Å². The van der Waals surface area contributed by atoms with Crippen LogP contribution < -0.4 is 5.32 Å². The van der Waals surface area contributed by atoms with Crippen LogP contribution in [0.15, 0.2) is 12.7 Å². The number of hydrogen-bond donors (Lipinski definition) is 1. The average Bonchev–Trinajstić information content (AvgIpc) is 2.29. The molecule has 0 rings (SSSR count). The molecule has 0 heterocycles. The van der Waals surface area contributed by atoms with Gasteiger partial charge in [-0.2, -0.15) is 0 Å². The summed E-state index contributed by atoms with van der Waals surface area (Å²) >= 11 is 0. The number of unbranched alkanes of at least 4 members (excludes halogenated alkanes) is 4. The highest BCUT2D eigenvalue weighted by molar-refractivity contribution is 4.78. The molecule has 0 fully saturated rings. The van der Waals surface area contributed by atoms with Crippen molar-refractivity contribution in [2.45, 2.75) is 90.6 Å². The van der Waals surface area contributed by atoms with Crippen LogP contribution in [0.3, 0.4) is 0 Å². The Balaban J connectivity index is 3.86. The molecular weight excluding hydrogens is 206 g/mol. The molecule has 1 nitrogen and oxygen atoms in total. The zero-order valence-corrected chi connectivity index (χ0v) is 12.3. The summed E-state index contributed by atoms with van der Waals surface area (Å²) in [5.74, 6) is 0. The van der Waals surface area contributed by atoms with Gasteiger partial charge in [-0.15, -0.1) is 6.58 Å². The van der Waals surface area contributed by atoms with Gasteiger partial charge < -0.3 is 5.32 Å². The Morgan fingerprint density at radius 1 is 1.00 bits per heavy atom. The lowest BCUT2D eigenvalue weighted by atomic mass is 10.0. The molecule has 0 amide bonds. The first-order chi connectivity index (χ1) is 8.24. The van der Waals surface area contributed by atoms with Crippen LogP contribution in [0, 0.1) is 0 Å². The molecule has 0 aliphatic rings. The zero-order valence-electron chi connectivity index (χ0n) is 12.3. The van der Waals surface area contributed by atoms with Gasteiger partial charge in [0.2, 0.25) is 0 Å². The second kappa shape index (κ2) is 12.2. The SMILES string of the molecule is C=CCC(C)NC(CCCCC)CCCCC. The van der Waals surface area contributed by atoms with Gasteiger partial charge >= 0.3 is 0 Å². The lowest BCUT2D eigenvalue weighted by Gasteiger charge is -2.23. The van der Waals surface area contributed by atoms with E-state index >= 15 is 0 Å². The molecule has 0 aliphatic carbocycles. The van der Waals surface area contributed by atoms with Crippen LogP contribution in [0.25, 0.3) is 0 Å². The van der Waals surface area contributed by atoms with Crippen LogP contribution in [0.1, 0.15) is 78.6 Å². The van der Waals surface area contributed by atoms with Crippen LogP contribution in [0.5, 0.6) is 0 Å². The summed E-state index contributed by atoms with van der Waals surface area (Å²) in [6, 6.07) is 1.31. The summed E-state index contributed by atoms with van der Waals surface area (Å²) in [7, 11) is 0. The number of hydrogen-bond acceptors (Lipinski definition) is 1. The van der Waals surface area contributed by atoms with E-state index < -0.39 is 0 Å². The minimum atomic E-state index is 0.584. The molecule has 0 saturated carbocycles. The highest BCUT2D eigenvalue weighted by atomic mass is 14.9. The number of nitrogens with one attached hydrogen (secondary N) is 1. The van der Waals surface area contributed by atoms with Crippen molar-refractivity contribution < 1.29 is 0 Å². The van der Waals surface area contributed by atoms with Crippen molar-refractivity contribution in [1.29, 1.82) is 0 Å². The Morgan fingerprint density at radius 3 is 1.94 bits per heavy atom. The third-order valence-electron chi connectivity index (χ3n) is 3.35. The molecule has 0 aromatic rings. The van der Waals surface area contributed by atoms with E-state index in [2.05, 4.69) is 32.7 Å². The lowest BCUT2D eigenvalue weighted by molar-refractivity contribution is 0.380. The molecular formula is C16H33N. The van der Waals surface area contributed by atoms with Crippen LogP contribution in [0.4, 0.5) is 0 Å². The van der Waals surface area contributed by atoms with Crippen LogP contribution in [-0.4, -0.2) is 12.1 Å². The van der Waals surface area contributed by atoms with Crippen LogP contribution >= 0.6 is 0 Å². The van der Waals surface area contributed by atoms with Crippen LogP contribution in [0.2, 0.25) is 0 Å². The van der Waals surface area contributed by atoms with Gasteiger partial charge in [-0.05, 0) is 26.2 Å². The lowest BCUT2D eigenvalue weighted by Crippen LogP contribution is -2.36. The highest BCUT2D eigenvalue weighted by Crippen LogP contribution is 2.12. The van der Waals surface area contributed by atoms with Crippen molar-refractivity contribution >= 4 is 0 Å². The van der Waals surface area contributed by atoms with Gasteiger partial charge in [0, 0.05) is 12.1 Å². The van der Waals surface area contributed by atoms with E-state index in [1.807, 2.05) is 6.08 Å². The standard InChI is InChI=1S/C16H33N/c1-5-8-10-13-16(14-11-9-6-2)17-15(4)12-7-3/h7,15-17H,3,5-6,8-14H2,1-2,4H3. The van der Waals surface area contributed by atoms with E-state index in [1.54, 1.807) is 0 Å². The van der Waals surface area contributed by atoms with E-state index in [1.165, 1.54) is 51.4 Å². The minimum absolute atomic E-state index is 0.584. The van der Waals surface area contributed by atoms with E-state index in [9.17, 15) is 0 Å². The fourth-order valence-electron chi connectivity index (χ4n) is 2.31. The van der Waals surface area contributed by atoms with Crippen molar-refractivity contribution in [2.24, 2.45) is 0 Å². The molecule has 0 spiro atoms. The van der Waals surface area contributed by atoms with Gasteiger partial charge in [0.15, 0.2) is 0 Å². The summed E-state index contributed by atoms with van der Waals surface area (Å²) in [6.45, 7) is 10.6. The molecule has 0 aromatic heterocycles. The Morgan fingerprint density at radius 2 is 1.53 bits per heavy atom. The van der Waals surface area contributed by atoms with Gasteiger partial charge in [-0.1, -0.05) is 58.4 Å². The van der Waals surface area contributed by atoms with Gasteiger partial charge in [0.05, 0.1) is 0 Å². The second-order valence-corrected chi connectivity index (χ2v) is 5.28. The smallest absolute Gasteiger partial charge is 0.00757 e. The van der Waals surface area contributed by atoms with Crippen LogP contribution in [-0.2, 0) is 0 Å². The molecule has 1 heteroatoms. The molecule has 0 radical (unpaired) electrons. The predicted molar refractivity (Wildman–Crippen MR) is 79.5 cm³/mol. The van der Waals surface area contributed by atoms with E-state index in [-0.39, 0.29) is 0 Å². The summed E-state index contributed by atoms with van der Waals surface area (Å²) < 4.78 is 0. The quantitative estimate of drug-likeness (QED) is 0.370. The average molecular weight is 239 g/mol. The molecule has 17 heavy (non-hydrogen) atoms. The second-order valence-electron chi connectivity index (χ2n) is 5.28. The fraction of sp³-hybridized carbons (Fsp3) is 0.875. The molecule has 1 atom stereocenters. The third kappa shape index (κ3) is 10.6. The molecule has 0 aliphatic heterocycles. The Hall–Kier alpha value is -0.300. The Kier molecular flexibility index (Phi) is 12.0. The van der Waals surface area contributed by atoms with Crippen molar-refractivity contribution in [2.75, 3.05) is 0 Å². The summed E-state index contributed by atoms with van der Waals surface area (Å²) in [4.78, 5) is 0. The Labute approximate surface area is 109 Å². The normalized spacial score (nSPS) is 12.9.